The molecule has 0 aromatic heterocycles. The van der Waals surface area contributed by atoms with Crippen LogP contribution in [0.3, 0.4) is 0 Å². The van der Waals surface area contributed by atoms with E-state index in [1.165, 1.54) is 0 Å². The summed E-state index contributed by atoms with van der Waals surface area (Å²) in [7, 11) is 0. The normalized spacial score (nSPS) is 14.2. The third kappa shape index (κ3) is 5.19. The SMILES string of the molecule is CC(C)OCC(=O)NC(C)(C)C(C)O. The van der Waals surface area contributed by atoms with Crippen LogP contribution in [0.5, 0.6) is 0 Å². The van der Waals surface area contributed by atoms with E-state index in [4.69, 9.17) is 4.74 Å². The number of carbonyl (C=O) groups is 1. The Kier molecular flexibility index (Phi) is 5.08. The molecule has 2 N–H and O–H groups in total. The highest BCUT2D eigenvalue weighted by molar-refractivity contribution is 5.78. The summed E-state index contributed by atoms with van der Waals surface area (Å²) in [5.74, 6) is -0.204. The summed E-state index contributed by atoms with van der Waals surface area (Å²) < 4.78 is 5.14. The topological polar surface area (TPSA) is 58.6 Å². The van der Waals surface area contributed by atoms with Crippen molar-refractivity contribution in [1.82, 2.24) is 5.32 Å². The minimum atomic E-state index is -0.614. The minimum absolute atomic E-state index is 0.0355. The lowest BCUT2D eigenvalue weighted by Crippen LogP contribution is -2.52. The molecule has 14 heavy (non-hydrogen) atoms. The molecule has 0 aromatic carbocycles. The lowest BCUT2D eigenvalue weighted by atomic mass is 9.99. The van der Waals surface area contributed by atoms with E-state index < -0.39 is 11.6 Å². The van der Waals surface area contributed by atoms with Crippen LogP contribution in [0.15, 0.2) is 0 Å². The lowest BCUT2D eigenvalue weighted by molar-refractivity contribution is -0.130. The van der Waals surface area contributed by atoms with Gasteiger partial charge < -0.3 is 15.2 Å². The van der Waals surface area contributed by atoms with Crippen molar-refractivity contribution in [2.24, 2.45) is 0 Å². The van der Waals surface area contributed by atoms with E-state index in [2.05, 4.69) is 5.32 Å². The van der Waals surface area contributed by atoms with Crippen molar-refractivity contribution >= 4 is 5.91 Å². The molecule has 0 bridgehead atoms. The molecular weight excluding hydrogens is 182 g/mol. The van der Waals surface area contributed by atoms with E-state index in [0.717, 1.165) is 0 Å². The van der Waals surface area contributed by atoms with Crippen LogP contribution in [-0.2, 0) is 9.53 Å². The Morgan fingerprint density at radius 2 is 1.93 bits per heavy atom. The van der Waals surface area contributed by atoms with Gasteiger partial charge in [0.15, 0.2) is 0 Å². The number of aliphatic hydroxyl groups is 1. The van der Waals surface area contributed by atoms with Gasteiger partial charge in [0.1, 0.15) is 6.61 Å². The third-order valence-corrected chi connectivity index (χ3v) is 2.05. The van der Waals surface area contributed by atoms with Crippen molar-refractivity contribution in [3.05, 3.63) is 0 Å². The summed E-state index contributed by atoms with van der Waals surface area (Å²) in [4.78, 5) is 11.3. The summed E-state index contributed by atoms with van der Waals surface area (Å²) >= 11 is 0. The van der Waals surface area contributed by atoms with Crippen LogP contribution in [0.2, 0.25) is 0 Å². The monoisotopic (exact) mass is 203 g/mol. The first-order chi connectivity index (χ1) is 6.25. The standard InChI is InChI=1S/C10H21NO3/c1-7(2)14-6-9(13)11-10(4,5)8(3)12/h7-8,12H,6H2,1-5H3,(H,11,13). The fraction of sp³-hybridized carbons (Fsp3) is 0.900. The van der Waals surface area contributed by atoms with Gasteiger partial charge in [0.05, 0.1) is 17.7 Å². The van der Waals surface area contributed by atoms with Crippen molar-refractivity contribution in [2.45, 2.75) is 52.4 Å². The molecule has 0 aliphatic rings. The van der Waals surface area contributed by atoms with E-state index in [1.54, 1.807) is 20.8 Å². The van der Waals surface area contributed by atoms with Gasteiger partial charge >= 0.3 is 0 Å². The predicted molar refractivity (Wildman–Crippen MR) is 55.0 cm³/mol. The largest absolute Gasteiger partial charge is 0.391 e. The van der Waals surface area contributed by atoms with Crippen molar-refractivity contribution in [3.8, 4) is 0 Å². The Bertz CT molecular complexity index is 188. The van der Waals surface area contributed by atoms with E-state index in [-0.39, 0.29) is 18.6 Å². The Morgan fingerprint density at radius 1 is 1.43 bits per heavy atom. The number of hydrogen-bond acceptors (Lipinski definition) is 3. The predicted octanol–water partition coefficient (Wildman–Crippen LogP) is 0.687. The van der Waals surface area contributed by atoms with Gasteiger partial charge in [0.25, 0.3) is 0 Å². The molecule has 0 spiro atoms. The molecule has 0 radical (unpaired) electrons. The molecule has 1 amide bonds. The number of hydrogen-bond donors (Lipinski definition) is 2. The van der Waals surface area contributed by atoms with Gasteiger partial charge in [-0.15, -0.1) is 0 Å². The van der Waals surface area contributed by atoms with E-state index in [9.17, 15) is 9.90 Å². The summed E-state index contributed by atoms with van der Waals surface area (Å²) in [5.41, 5.74) is -0.614. The zero-order chi connectivity index (χ0) is 11.4. The molecule has 1 unspecified atom stereocenters. The smallest absolute Gasteiger partial charge is 0.246 e. The minimum Gasteiger partial charge on any atom is -0.391 e. The molecule has 1 atom stereocenters. The van der Waals surface area contributed by atoms with Crippen LogP contribution >= 0.6 is 0 Å². The molecule has 0 saturated heterocycles. The second-order valence-corrected chi connectivity index (χ2v) is 4.31. The summed E-state index contributed by atoms with van der Waals surface area (Å²) in [6.07, 6.45) is -0.555. The quantitative estimate of drug-likeness (QED) is 0.691. The number of amides is 1. The van der Waals surface area contributed by atoms with Crippen LogP contribution in [0.25, 0.3) is 0 Å². The molecular formula is C10H21NO3. The van der Waals surface area contributed by atoms with Gasteiger partial charge in [-0.2, -0.15) is 0 Å². The molecule has 0 fully saturated rings. The highest BCUT2D eigenvalue weighted by Crippen LogP contribution is 2.07. The summed E-state index contributed by atoms with van der Waals surface area (Å²) in [6, 6.07) is 0. The fourth-order valence-corrected chi connectivity index (χ4v) is 0.742. The lowest BCUT2D eigenvalue weighted by Gasteiger charge is -2.29. The molecule has 84 valence electrons. The molecule has 0 aliphatic carbocycles. The maximum absolute atomic E-state index is 11.3. The van der Waals surface area contributed by atoms with E-state index in [1.807, 2.05) is 13.8 Å². The number of rotatable bonds is 5. The van der Waals surface area contributed by atoms with Crippen molar-refractivity contribution in [2.75, 3.05) is 6.61 Å². The second kappa shape index (κ2) is 5.32. The van der Waals surface area contributed by atoms with Gasteiger partial charge in [0.2, 0.25) is 5.91 Å². The average molecular weight is 203 g/mol. The molecule has 4 heteroatoms. The summed E-state index contributed by atoms with van der Waals surface area (Å²) in [5, 5.41) is 12.0. The van der Waals surface area contributed by atoms with Crippen LogP contribution in [0, 0.1) is 0 Å². The summed E-state index contributed by atoms with van der Waals surface area (Å²) in [6.45, 7) is 8.95. The third-order valence-electron chi connectivity index (χ3n) is 2.05. The first-order valence-corrected chi connectivity index (χ1v) is 4.86. The zero-order valence-corrected chi connectivity index (χ0v) is 9.63. The molecule has 0 aromatic rings. The van der Waals surface area contributed by atoms with Gasteiger partial charge in [0, 0.05) is 0 Å². The first-order valence-electron chi connectivity index (χ1n) is 4.86. The van der Waals surface area contributed by atoms with Gasteiger partial charge in [-0.3, -0.25) is 4.79 Å². The number of aliphatic hydroxyl groups excluding tert-OH is 1. The van der Waals surface area contributed by atoms with Crippen LogP contribution < -0.4 is 5.32 Å². The Labute approximate surface area is 85.6 Å². The maximum atomic E-state index is 11.3. The molecule has 0 heterocycles. The van der Waals surface area contributed by atoms with E-state index >= 15 is 0 Å². The average Bonchev–Trinajstić information content (AvgIpc) is 1.99. The molecule has 0 aliphatic heterocycles. The second-order valence-electron chi connectivity index (χ2n) is 4.31. The van der Waals surface area contributed by atoms with Crippen molar-refractivity contribution in [1.29, 1.82) is 0 Å². The van der Waals surface area contributed by atoms with Gasteiger partial charge in [-0.05, 0) is 34.6 Å². The van der Waals surface area contributed by atoms with Crippen LogP contribution in [-0.4, -0.2) is 35.4 Å². The van der Waals surface area contributed by atoms with Crippen LogP contribution in [0.1, 0.15) is 34.6 Å². The number of ether oxygens (including phenoxy) is 1. The number of nitrogens with one attached hydrogen (secondary N) is 1. The van der Waals surface area contributed by atoms with Crippen LogP contribution in [0.4, 0.5) is 0 Å². The fourth-order valence-electron chi connectivity index (χ4n) is 0.742. The van der Waals surface area contributed by atoms with Crippen molar-refractivity contribution in [3.63, 3.8) is 0 Å². The molecule has 4 nitrogen and oxygen atoms in total. The Morgan fingerprint density at radius 3 is 2.29 bits per heavy atom. The Balaban J connectivity index is 3.94. The van der Waals surface area contributed by atoms with E-state index in [0.29, 0.717) is 0 Å². The Hall–Kier alpha value is -0.610. The van der Waals surface area contributed by atoms with Crippen molar-refractivity contribution < 1.29 is 14.6 Å². The molecule has 0 saturated carbocycles. The molecule has 0 rings (SSSR count). The van der Waals surface area contributed by atoms with Gasteiger partial charge in [-0.1, -0.05) is 0 Å². The first kappa shape index (κ1) is 13.4. The zero-order valence-electron chi connectivity index (χ0n) is 9.63. The highest BCUT2D eigenvalue weighted by atomic mass is 16.5. The maximum Gasteiger partial charge on any atom is 0.246 e. The highest BCUT2D eigenvalue weighted by Gasteiger charge is 2.25. The van der Waals surface area contributed by atoms with Gasteiger partial charge in [-0.25, -0.2) is 0 Å². The number of carbonyl (C=O) groups excluding carboxylic acids is 1.